The Kier molecular flexibility index (Phi) is 3.60. The molecule has 0 radical (unpaired) electrons. The maximum absolute atomic E-state index is 12.1. The SMILES string of the molecule is CC1(C)NC(=O)N(Cc2sccc2C#CCO)C1=O. The van der Waals surface area contributed by atoms with Crippen molar-refractivity contribution in [2.75, 3.05) is 6.61 Å². The Morgan fingerprint density at radius 3 is 2.79 bits per heavy atom. The highest BCUT2D eigenvalue weighted by molar-refractivity contribution is 7.10. The van der Waals surface area contributed by atoms with Gasteiger partial charge in [-0.05, 0) is 25.3 Å². The monoisotopic (exact) mass is 278 g/mol. The van der Waals surface area contributed by atoms with Gasteiger partial charge >= 0.3 is 6.03 Å². The van der Waals surface area contributed by atoms with E-state index in [1.54, 1.807) is 13.8 Å². The second kappa shape index (κ2) is 5.03. The minimum absolute atomic E-state index is 0.210. The van der Waals surface area contributed by atoms with E-state index in [4.69, 9.17) is 5.11 Å². The number of hydrogen-bond acceptors (Lipinski definition) is 4. The van der Waals surface area contributed by atoms with E-state index in [0.29, 0.717) is 0 Å². The number of aliphatic hydroxyl groups is 1. The van der Waals surface area contributed by atoms with Crippen LogP contribution in [0.3, 0.4) is 0 Å². The largest absolute Gasteiger partial charge is 0.384 e. The molecule has 1 saturated heterocycles. The van der Waals surface area contributed by atoms with Crippen LogP contribution in [0.15, 0.2) is 11.4 Å². The number of imide groups is 1. The average molecular weight is 278 g/mol. The van der Waals surface area contributed by atoms with Gasteiger partial charge in [0.15, 0.2) is 0 Å². The number of carbonyl (C=O) groups excluding carboxylic acids is 2. The van der Waals surface area contributed by atoms with Gasteiger partial charge in [-0.25, -0.2) is 4.79 Å². The van der Waals surface area contributed by atoms with Crippen molar-refractivity contribution < 1.29 is 14.7 Å². The molecular weight excluding hydrogens is 264 g/mol. The first-order chi connectivity index (χ1) is 8.95. The number of carbonyl (C=O) groups is 2. The van der Waals surface area contributed by atoms with Crippen LogP contribution in [0, 0.1) is 11.8 Å². The highest BCUT2D eigenvalue weighted by Crippen LogP contribution is 2.23. The van der Waals surface area contributed by atoms with Crippen molar-refractivity contribution >= 4 is 23.3 Å². The molecule has 0 bridgehead atoms. The summed E-state index contributed by atoms with van der Waals surface area (Å²) in [6.07, 6.45) is 0. The number of amides is 3. The summed E-state index contributed by atoms with van der Waals surface area (Å²) in [6.45, 7) is 3.34. The van der Waals surface area contributed by atoms with Gasteiger partial charge in [-0.3, -0.25) is 9.69 Å². The molecule has 1 aliphatic heterocycles. The summed E-state index contributed by atoms with van der Waals surface area (Å²) in [6, 6.07) is 1.43. The molecule has 100 valence electrons. The van der Waals surface area contributed by atoms with E-state index in [9.17, 15) is 9.59 Å². The predicted octanol–water partition coefficient (Wildman–Crippen LogP) is 0.922. The maximum Gasteiger partial charge on any atom is 0.325 e. The van der Waals surface area contributed by atoms with E-state index < -0.39 is 5.54 Å². The van der Waals surface area contributed by atoms with Gasteiger partial charge in [0.2, 0.25) is 0 Å². The van der Waals surface area contributed by atoms with Crippen LogP contribution in [0.25, 0.3) is 0 Å². The summed E-state index contributed by atoms with van der Waals surface area (Å²) >= 11 is 1.43. The summed E-state index contributed by atoms with van der Waals surface area (Å²) in [4.78, 5) is 25.9. The van der Waals surface area contributed by atoms with E-state index >= 15 is 0 Å². The highest BCUT2D eigenvalue weighted by atomic mass is 32.1. The zero-order valence-corrected chi connectivity index (χ0v) is 11.5. The maximum atomic E-state index is 12.1. The van der Waals surface area contributed by atoms with Crippen LogP contribution in [0.5, 0.6) is 0 Å². The molecule has 1 aliphatic rings. The third kappa shape index (κ3) is 2.62. The Balaban J connectivity index is 2.21. The predicted molar refractivity (Wildman–Crippen MR) is 71.4 cm³/mol. The Hall–Kier alpha value is -1.84. The Morgan fingerprint density at radius 1 is 1.47 bits per heavy atom. The first kappa shape index (κ1) is 13.6. The van der Waals surface area contributed by atoms with Gasteiger partial charge in [-0.1, -0.05) is 11.8 Å². The average Bonchev–Trinajstić information content (AvgIpc) is 2.85. The lowest BCUT2D eigenvalue weighted by molar-refractivity contribution is -0.130. The molecule has 6 heteroatoms. The Bertz CT molecular complexity index is 580. The van der Waals surface area contributed by atoms with Gasteiger partial charge in [-0.15, -0.1) is 11.3 Å². The molecule has 2 N–H and O–H groups in total. The van der Waals surface area contributed by atoms with Gasteiger partial charge in [0, 0.05) is 10.4 Å². The molecule has 1 aromatic rings. The Morgan fingerprint density at radius 2 is 2.21 bits per heavy atom. The number of nitrogens with one attached hydrogen (secondary N) is 1. The van der Waals surface area contributed by atoms with E-state index in [1.165, 1.54) is 16.2 Å². The zero-order chi connectivity index (χ0) is 14.0. The minimum Gasteiger partial charge on any atom is -0.384 e. The first-order valence-electron chi connectivity index (χ1n) is 5.76. The number of thiophene rings is 1. The minimum atomic E-state index is -0.856. The summed E-state index contributed by atoms with van der Waals surface area (Å²) in [5.74, 6) is 5.13. The molecule has 1 fully saturated rings. The molecule has 3 amide bonds. The number of hydrogen-bond donors (Lipinski definition) is 2. The lowest BCUT2D eigenvalue weighted by Crippen LogP contribution is -2.40. The second-order valence-corrected chi connectivity index (χ2v) is 5.66. The number of urea groups is 1. The van der Waals surface area contributed by atoms with Gasteiger partial charge in [-0.2, -0.15) is 0 Å². The van der Waals surface area contributed by atoms with Crippen LogP contribution >= 0.6 is 11.3 Å². The molecule has 0 saturated carbocycles. The molecular formula is C13H14N2O3S. The molecule has 19 heavy (non-hydrogen) atoms. The van der Waals surface area contributed by atoms with Gasteiger partial charge in [0.25, 0.3) is 5.91 Å². The van der Waals surface area contributed by atoms with Crippen molar-refractivity contribution in [3.05, 3.63) is 21.9 Å². The van der Waals surface area contributed by atoms with Gasteiger partial charge in [0.05, 0.1) is 6.54 Å². The van der Waals surface area contributed by atoms with E-state index in [2.05, 4.69) is 17.2 Å². The molecule has 0 aromatic carbocycles. The molecule has 2 heterocycles. The van der Waals surface area contributed by atoms with Crippen LogP contribution in [0.4, 0.5) is 4.79 Å². The molecule has 0 aliphatic carbocycles. The zero-order valence-electron chi connectivity index (χ0n) is 10.7. The quantitative estimate of drug-likeness (QED) is 0.624. The third-order valence-electron chi connectivity index (χ3n) is 2.79. The second-order valence-electron chi connectivity index (χ2n) is 4.66. The molecule has 0 spiro atoms. The summed E-state index contributed by atoms with van der Waals surface area (Å²) in [7, 11) is 0. The van der Waals surface area contributed by atoms with Crippen molar-refractivity contribution in [2.45, 2.75) is 25.9 Å². The molecule has 1 aromatic heterocycles. The number of rotatable bonds is 2. The van der Waals surface area contributed by atoms with Gasteiger partial charge < -0.3 is 10.4 Å². The highest BCUT2D eigenvalue weighted by Gasteiger charge is 2.44. The van der Waals surface area contributed by atoms with Crippen molar-refractivity contribution in [2.24, 2.45) is 0 Å². The van der Waals surface area contributed by atoms with Crippen molar-refractivity contribution in [3.8, 4) is 11.8 Å². The molecule has 0 unspecified atom stereocenters. The summed E-state index contributed by atoms with van der Waals surface area (Å²) < 4.78 is 0. The first-order valence-corrected chi connectivity index (χ1v) is 6.64. The lowest BCUT2D eigenvalue weighted by Gasteiger charge is -2.15. The van der Waals surface area contributed by atoms with Crippen LogP contribution < -0.4 is 5.32 Å². The third-order valence-corrected chi connectivity index (χ3v) is 3.70. The van der Waals surface area contributed by atoms with Crippen LogP contribution in [-0.2, 0) is 11.3 Å². The fourth-order valence-electron chi connectivity index (χ4n) is 1.81. The van der Waals surface area contributed by atoms with Crippen molar-refractivity contribution in [1.29, 1.82) is 0 Å². The number of aliphatic hydroxyl groups excluding tert-OH is 1. The van der Waals surface area contributed by atoms with Crippen molar-refractivity contribution in [1.82, 2.24) is 10.2 Å². The van der Waals surface area contributed by atoms with Crippen LogP contribution in [0.1, 0.15) is 24.3 Å². The number of nitrogens with zero attached hydrogens (tertiary/aromatic N) is 1. The standard InChI is InChI=1S/C13H14N2O3S/c1-13(2)11(17)15(12(18)14-13)8-10-9(4-3-6-16)5-7-19-10/h5,7,16H,6,8H2,1-2H3,(H,14,18). The van der Waals surface area contributed by atoms with Crippen molar-refractivity contribution in [3.63, 3.8) is 0 Å². The molecule has 0 atom stereocenters. The van der Waals surface area contributed by atoms with Gasteiger partial charge in [0.1, 0.15) is 12.1 Å². The fourth-order valence-corrected chi connectivity index (χ4v) is 2.63. The topological polar surface area (TPSA) is 69.6 Å². The van der Waals surface area contributed by atoms with E-state index in [1.807, 2.05) is 11.4 Å². The molecule has 2 rings (SSSR count). The molecule has 5 nitrogen and oxygen atoms in total. The Labute approximate surface area is 115 Å². The summed E-state index contributed by atoms with van der Waals surface area (Å²) in [5.41, 5.74) is -0.116. The van der Waals surface area contributed by atoms with E-state index in [-0.39, 0.29) is 25.1 Å². The summed E-state index contributed by atoms with van der Waals surface area (Å²) in [5, 5.41) is 13.2. The fraction of sp³-hybridized carbons (Fsp3) is 0.385. The van der Waals surface area contributed by atoms with Crippen LogP contribution in [-0.4, -0.2) is 34.1 Å². The van der Waals surface area contributed by atoms with Crippen LogP contribution in [0.2, 0.25) is 0 Å². The normalized spacial score (nSPS) is 17.1. The smallest absolute Gasteiger partial charge is 0.325 e. The lowest BCUT2D eigenvalue weighted by atomic mass is 10.1. The van der Waals surface area contributed by atoms with E-state index in [0.717, 1.165) is 10.4 Å².